The maximum absolute atomic E-state index is 12.2. The number of nitro benzene ring substituents is 1. The lowest BCUT2D eigenvalue weighted by Crippen LogP contribution is -2.41. The average molecular weight is 554 g/mol. The molecule has 12 heteroatoms. The Morgan fingerprint density at radius 1 is 1.14 bits per heavy atom. The molecule has 2 aromatic rings. The van der Waals surface area contributed by atoms with E-state index in [1.54, 1.807) is 19.2 Å². The Labute approximate surface area is 191 Å². The van der Waals surface area contributed by atoms with Crippen molar-refractivity contribution in [2.24, 2.45) is 4.99 Å². The Kier molecular flexibility index (Phi) is 10.3. The summed E-state index contributed by atoms with van der Waals surface area (Å²) in [5.74, 6) is 0.504. The smallest absolute Gasteiger partial charge is 0.270 e. The Morgan fingerprint density at radius 2 is 1.83 bits per heavy atom. The van der Waals surface area contributed by atoms with Gasteiger partial charge in [-0.1, -0.05) is 29.8 Å². The Morgan fingerprint density at radius 3 is 2.45 bits per heavy atom. The molecule has 0 aliphatic heterocycles. The fraction of sp³-hybridized carbons (Fsp3) is 0.235. The fourth-order valence-corrected chi connectivity index (χ4v) is 3.42. The molecule has 3 N–H and O–H groups in total. The van der Waals surface area contributed by atoms with E-state index in [9.17, 15) is 18.5 Å². The second-order valence-electron chi connectivity index (χ2n) is 5.63. The molecule has 0 aliphatic carbocycles. The molecular formula is C17H21ClIN5O4S. The van der Waals surface area contributed by atoms with Gasteiger partial charge in [-0.25, -0.2) is 13.1 Å². The molecule has 0 amide bonds. The van der Waals surface area contributed by atoms with Gasteiger partial charge in [-0.2, -0.15) is 0 Å². The normalized spacial score (nSPS) is 11.4. The van der Waals surface area contributed by atoms with Crippen molar-refractivity contribution < 1.29 is 13.3 Å². The molecule has 0 atom stereocenters. The SMILES string of the molecule is CN=C(NCCNS(=O)(=O)c1cccc([N+](=O)[O-])c1)NCc1ccc(Cl)cc1.I. The van der Waals surface area contributed by atoms with E-state index in [0.717, 1.165) is 11.6 Å². The second-order valence-corrected chi connectivity index (χ2v) is 7.83. The van der Waals surface area contributed by atoms with Crippen LogP contribution < -0.4 is 15.4 Å². The van der Waals surface area contributed by atoms with E-state index in [4.69, 9.17) is 11.6 Å². The quantitative estimate of drug-likeness (QED) is 0.115. The highest BCUT2D eigenvalue weighted by Crippen LogP contribution is 2.16. The molecule has 2 aromatic carbocycles. The number of hydrogen-bond donors (Lipinski definition) is 3. The molecular weight excluding hydrogens is 533 g/mol. The molecule has 0 spiro atoms. The van der Waals surface area contributed by atoms with Gasteiger partial charge in [0, 0.05) is 43.8 Å². The van der Waals surface area contributed by atoms with Crippen molar-refractivity contribution >= 4 is 57.2 Å². The number of nitrogens with zero attached hydrogens (tertiary/aromatic N) is 2. The predicted octanol–water partition coefficient (Wildman–Crippen LogP) is 2.51. The lowest BCUT2D eigenvalue weighted by atomic mass is 10.2. The molecule has 0 aliphatic rings. The molecule has 0 radical (unpaired) electrons. The highest BCUT2D eigenvalue weighted by Gasteiger charge is 2.17. The lowest BCUT2D eigenvalue weighted by Gasteiger charge is -2.12. The van der Waals surface area contributed by atoms with E-state index < -0.39 is 14.9 Å². The number of guanidine groups is 1. The van der Waals surface area contributed by atoms with Crippen molar-refractivity contribution in [3.05, 3.63) is 69.2 Å². The van der Waals surface area contributed by atoms with E-state index in [1.807, 2.05) is 12.1 Å². The second kappa shape index (κ2) is 11.9. The minimum absolute atomic E-state index is 0. The van der Waals surface area contributed by atoms with Crippen LogP contribution in [0.4, 0.5) is 5.69 Å². The molecule has 0 aromatic heterocycles. The third-order valence-electron chi connectivity index (χ3n) is 3.65. The first-order chi connectivity index (χ1) is 13.3. The van der Waals surface area contributed by atoms with Gasteiger partial charge >= 0.3 is 0 Å². The molecule has 0 bridgehead atoms. The van der Waals surface area contributed by atoms with Crippen LogP contribution in [0.1, 0.15) is 5.56 Å². The van der Waals surface area contributed by atoms with E-state index in [2.05, 4.69) is 20.3 Å². The van der Waals surface area contributed by atoms with E-state index in [0.29, 0.717) is 17.5 Å². The van der Waals surface area contributed by atoms with Crippen molar-refractivity contribution in [2.75, 3.05) is 20.1 Å². The summed E-state index contributed by atoms with van der Waals surface area (Å²) in [6, 6.07) is 12.2. The van der Waals surface area contributed by atoms with E-state index >= 15 is 0 Å². The van der Waals surface area contributed by atoms with Gasteiger partial charge in [-0.3, -0.25) is 15.1 Å². The van der Waals surface area contributed by atoms with Gasteiger partial charge < -0.3 is 10.6 Å². The summed E-state index contributed by atoms with van der Waals surface area (Å²) in [5, 5.41) is 17.5. The first kappa shape index (κ1) is 25.1. The number of rotatable bonds is 8. The molecule has 0 heterocycles. The van der Waals surface area contributed by atoms with Crippen LogP contribution in [0.15, 0.2) is 58.4 Å². The van der Waals surface area contributed by atoms with Crippen LogP contribution in [0.3, 0.4) is 0 Å². The zero-order chi connectivity index (χ0) is 20.6. The standard InChI is InChI=1S/C17H20ClN5O4S.HI/c1-19-17(21-12-13-5-7-14(18)8-6-13)20-9-10-22-28(26,27)16-4-2-3-15(11-16)23(24)25;/h2-8,11,22H,9-10,12H2,1H3,(H2,19,20,21);1H. The van der Waals surface area contributed by atoms with Gasteiger partial charge in [0.15, 0.2) is 5.96 Å². The van der Waals surface area contributed by atoms with Gasteiger partial charge in [0.1, 0.15) is 0 Å². The summed E-state index contributed by atoms with van der Waals surface area (Å²) in [7, 11) is -2.25. The molecule has 0 saturated carbocycles. The maximum Gasteiger partial charge on any atom is 0.270 e. The minimum Gasteiger partial charge on any atom is -0.355 e. The first-order valence-electron chi connectivity index (χ1n) is 8.25. The number of sulfonamides is 1. The van der Waals surface area contributed by atoms with Crippen molar-refractivity contribution in [3.8, 4) is 0 Å². The van der Waals surface area contributed by atoms with Crippen molar-refractivity contribution in [1.29, 1.82) is 0 Å². The zero-order valence-corrected chi connectivity index (χ0v) is 19.4. The fourth-order valence-electron chi connectivity index (χ4n) is 2.22. The van der Waals surface area contributed by atoms with Gasteiger partial charge in [-0.15, -0.1) is 24.0 Å². The average Bonchev–Trinajstić information content (AvgIpc) is 2.68. The molecule has 29 heavy (non-hydrogen) atoms. The summed E-state index contributed by atoms with van der Waals surface area (Å²) in [4.78, 5) is 14.0. The van der Waals surface area contributed by atoms with Crippen molar-refractivity contribution in [2.45, 2.75) is 11.4 Å². The summed E-state index contributed by atoms with van der Waals surface area (Å²) < 4.78 is 26.9. The van der Waals surface area contributed by atoms with Crippen LogP contribution >= 0.6 is 35.6 Å². The number of nitro groups is 1. The third-order valence-corrected chi connectivity index (χ3v) is 5.36. The molecule has 0 fully saturated rings. The summed E-state index contributed by atoms with van der Waals surface area (Å²) in [6.07, 6.45) is 0. The molecule has 158 valence electrons. The maximum atomic E-state index is 12.2. The van der Waals surface area contributed by atoms with Gasteiger partial charge in [0.25, 0.3) is 5.69 Å². The number of hydrogen-bond acceptors (Lipinski definition) is 5. The van der Waals surface area contributed by atoms with Crippen LogP contribution in [0, 0.1) is 10.1 Å². The monoisotopic (exact) mass is 553 g/mol. The number of aliphatic imine (C=N–C) groups is 1. The lowest BCUT2D eigenvalue weighted by molar-refractivity contribution is -0.385. The van der Waals surface area contributed by atoms with Crippen LogP contribution in [0.25, 0.3) is 0 Å². The third kappa shape index (κ3) is 8.12. The molecule has 0 saturated heterocycles. The molecule has 0 unspecified atom stereocenters. The number of benzene rings is 2. The largest absolute Gasteiger partial charge is 0.355 e. The summed E-state index contributed by atoms with van der Waals surface area (Å²) in [6.45, 7) is 0.872. The van der Waals surface area contributed by atoms with Crippen molar-refractivity contribution in [1.82, 2.24) is 15.4 Å². The minimum atomic E-state index is -3.85. The summed E-state index contributed by atoms with van der Waals surface area (Å²) >= 11 is 5.85. The van der Waals surface area contributed by atoms with Crippen LogP contribution in [0.5, 0.6) is 0 Å². The Hall–Kier alpha value is -1.96. The number of nitrogens with one attached hydrogen (secondary N) is 3. The summed E-state index contributed by atoms with van der Waals surface area (Å²) in [5.41, 5.74) is 0.728. The van der Waals surface area contributed by atoms with Gasteiger partial charge in [0.05, 0.1) is 9.82 Å². The molecule has 2 rings (SSSR count). The van der Waals surface area contributed by atoms with Crippen LogP contribution in [-0.2, 0) is 16.6 Å². The Bertz CT molecular complexity index is 955. The van der Waals surface area contributed by atoms with E-state index in [1.165, 1.54) is 18.2 Å². The first-order valence-corrected chi connectivity index (χ1v) is 10.1. The van der Waals surface area contributed by atoms with Gasteiger partial charge in [0.2, 0.25) is 10.0 Å². The number of halogens is 2. The molecule has 9 nitrogen and oxygen atoms in total. The van der Waals surface area contributed by atoms with Crippen LogP contribution in [0.2, 0.25) is 5.02 Å². The highest BCUT2D eigenvalue weighted by molar-refractivity contribution is 14.0. The zero-order valence-electron chi connectivity index (χ0n) is 15.5. The van der Waals surface area contributed by atoms with Crippen molar-refractivity contribution in [3.63, 3.8) is 0 Å². The number of non-ortho nitro benzene ring substituents is 1. The topological polar surface area (TPSA) is 126 Å². The van der Waals surface area contributed by atoms with Crippen LogP contribution in [-0.4, -0.2) is 39.4 Å². The highest BCUT2D eigenvalue weighted by atomic mass is 127. The predicted molar refractivity (Wildman–Crippen MR) is 123 cm³/mol. The Balaban J connectivity index is 0.00000420. The van der Waals surface area contributed by atoms with Gasteiger partial charge in [-0.05, 0) is 23.8 Å². The van der Waals surface area contributed by atoms with E-state index in [-0.39, 0.29) is 47.6 Å².